The zero-order valence-electron chi connectivity index (χ0n) is 21.8. The molecule has 1 aromatic heterocycles. The number of hydrogen-bond donors (Lipinski definition) is 3. The third-order valence-electron chi connectivity index (χ3n) is 4.63. The fourth-order valence-corrected chi connectivity index (χ4v) is 3.53. The maximum absolute atomic E-state index is 13.2. The van der Waals surface area contributed by atoms with Crippen LogP contribution in [0.2, 0.25) is 0 Å². The lowest BCUT2D eigenvalue weighted by molar-refractivity contribution is -0.179. The summed E-state index contributed by atoms with van der Waals surface area (Å²) < 4.78 is 10.6. The number of ketones is 1. The van der Waals surface area contributed by atoms with Crippen LogP contribution in [0.1, 0.15) is 67.5 Å². The lowest BCUT2D eigenvalue weighted by atomic mass is 9.85. The molecular weight excluding hydrogens is 492 g/mol. The number of aliphatic hydroxyl groups is 1. The number of carbonyl (C=O) groups excluding carboxylic acids is 4. The summed E-state index contributed by atoms with van der Waals surface area (Å²) in [7, 11) is 0. The molecule has 0 bridgehead atoms. The van der Waals surface area contributed by atoms with Gasteiger partial charge in [0.1, 0.15) is 16.9 Å². The second-order valence-corrected chi connectivity index (χ2v) is 11.6. The Bertz CT molecular complexity index is 1040. The molecular formula is C23H34N4O8S. The Morgan fingerprint density at radius 1 is 1.11 bits per heavy atom. The normalized spacial score (nSPS) is 18.6. The molecule has 2 atom stereocenters. The Labute approximate surface area is 213 Å². The average molecular weight is 527 g/mol. The number of aliphatic hydroxyl groups excluding tert-OH is 1. The lowest BCUT2D eigenvalue weighted by Crippen LogP contribution is -2.60. The topological polar surface area (TPSA) is 166 Å². The van der Waals surface area contributed by atoms with E-state index in [4.69, 9.17) is 14.3 Å². The fourth-order valence-electron chi connectivity index (χ4n) is 2.85. The number of anilines is 1. The van der Waals surface area contributed by atoms with Crippen molar-refractivity contribution in [3.05, 3.63) is 11.1 Å². The smallest absolute Gasteiger partial charge is 0.413 e. The number of rotatable bonds is 9. The summed E-state index contributed by atoms with van der Waals surface area (Å²) in [5.74, 6) is -2.41. The number of oxime groups is 1. The molecule has 0 saturated carbocycles. The molecule has 3 N–H and O–H groups in total. The Morgan fingerprint density at radius 3 is 2.25 bits per heavy atom. The molecule has 200 valence electrons. The molecule has 2 rings (SSSR count). The van der Waals surface area contributed by atoms with Crippen LogP contribution in [0.15, 0.2) is 10.5 Å². The number of Topliss-reactive ketones (excluding diaryl/α,β-unsaturated/α-hetero) is 1. The fraction of sp³-hybridized carbons (Fsp3) is 0.652. The Balaban J connectivity index is 2.30. The standard InChI is InChI=1S/C23H34N4O8S/c1-21(2,3)33-18(31)23(7,8)35-27-16(15(29)9-12-13(10-28)24-17(12)30)14-11-36-19(25-14)26-20(32)34-22(4,5)6/h11-13,28H,9-10H2,1-8H3,(H,24,30)(H,25,26,32)/b27-16-/t12-,13+/m0/s1. The zero-order valence-corrected chi connectivity index (χ0v) is 22.6. The summed E-state index contributed by atoms with van der Waals surface area (Å²) in [5.41, 5.74) is -3.23. The van der Waals surface area contributed by atoms with Gasteiger partial charge in [-0.15, -0.1) is 11.3 Å². The van der Waals surface area contributed by atoms with E-state index in [1.54, 1.807) is 41.5 Å². The second-order valence-electron chi connectivity index (χ2n) is 10.7. The van der Waals surface area contributed by atoms with Crippen LogP contribution >= 0.6 is 11.3 Å². The number of β-lactam (4-membered cyclic amide) rings is 1. The number of nitrogens with zero attached hydrogens (tertiary/aromatic N) is 2. The predicted octanol–water partition coefficient (Wildman–Crippen LogP) is 2.40. The third-order valence-corrected chi connectivity index (χ3v) is 5.38. The molecule has 1 saturated heterocycles. The van der Waals surface area contributed by atoms with Gasteiger partial charge in [-0.05, 0) is 55.4 Å². The van der Waals surface area contributed by atoms with Crippen molar-refractivity contribution < 1.29 is 38.6 Å². The van der Waals surface area contributed by atoms with E-state index in [-0.39, 0.29) is 35.5 Å². The second kappa shape index (κ2) is 10.9. The number of aromatic nitrogens is 1. The molecule has 0 radical (unpaired) electrons. The first-order chi connectivity index (χ1) is 16.4. The van der Waals surface area contributed by atoms with Crippen molar-refractivity contribution in [3.8, 4) is 0 Å². The molecule has 1 fully saturated rings. The van der Waals surface area contributed by atoms with Crippen molar-refractivity contribution in [2.45, 2.75) is 84.7 Å². The van der Waals surface area contributed by atoms with Crippen molar-refractivity contribution in [1.29, 1.82) is 0 Å². The van der Waals surface area contributed by atoms with Gasteiger partial charge in [-0.25, -0.2) is 14.6 Å². The van der Waals surface area contributed by atoms with Gasteiger partial charge in [-0.1, -0.05) is 5.16 Å². The van der Waals surface area contributed by atoms with E-state index in [2.05, 4.69) is 20.8 Å². The predicted molar refractivity (Wildman–Crippen MR) is 132 cm³/mol. The van der Waals surface area contributed by atoms with Crippen LogP contribution in [-0.2, 0) is 28.7 Å². The maximum Gasteiger partial charge on any atom is 0.413 e. The first kappa shape index (κ1) is 29.2. The monoisotopic (exact) mass is 526 g/mol. The van der Waals surface area contributed by atoms with Crippen LogP contribution in [0.4, 0.5) is 9.93 Å². The number of amides is 2. The minimum absolute atomic E-state index is 0.0660. The molecule has 13 heteroatoms. The molecule has 2 amide bonds. The van der Waals surface area contributed by atoms with Crippen LogP contribution in [0.3, 0.4) is 0 Å². The highest BCUT2D eigenvalue weighted by molar-refractivity contribution is 7.14. The maximum atomic E-state index is 13.2. The number of carbonyl (C=O) groups is 4. The van der Waals surface area contributed by atoms with Crippen molar-refractivity contribution in [1.82, 2.24) is 10.3 Å². The summed E-state index contributed by atoms with van der Waals surface area (Å²) in [6, 6.07) is -0.554. The number of ether oxygens (including phenoxy) is 2. The van der Waals surface area contributed by atoms with Gasteiger partial charge in [0, 0.05) is 11.8 Å². The summed E-state index contributed by atoms with van der Waals surface area (Å²) >= 11 is 1.02. The van der Waals surface area contributed by atoms with Crippen LogP contribution in [0.25, 0.3) is 0 Å². The summed E-state index contributed by atoms with van der Waals surface area (Å²) in [4.78, 5) is 59.3. The van der Waals surface area contributed by atoms with E-state index in [1.165, 1.54) is 19.2 Å². The van der Waals surface area contributed by atoms with Crippen LogP contribution in [0, 0.1) is 5.92 Å². The molecule has 2 heterocycles. The first-order valence-corrected chi connectivity index (χ1v) is 12.2. The van der Waals surface area contributed by atoms with E-state index in [1.807, 2.05) is 0 Å². The van der Waals surface area contributed by atoms with Gasteiger partial charge in [0.25, 0.3) is 0 Å². The van der Waals surface area contributed by atoms with Gasteiger partial charge >= 0.3 is 12.1 Å². The first-order valence-electron chi connectivity index (χ1n) is 11.3. The van der Waals surface area contributed by atoms with Gasteiger partial charge < -0.3 is 24.7 Å². The van der Waals surface area contributed by atoms with Gasteiger partial charge in [0.15, 0.2) is 16.6 Å². The summed E-state index contributed by atoms with van der Waals surface area (Å²) in [5, 5.41) is 19.9. The number of hydrogen-bond acceptors (Lipinski definition) is 11. The zero-order chi connectivity index (χ0) is 27.5. The molecule has 0 unspecified atom stereocenters. The van der Waals surface area contributed by atoms with Crippen molar-refractivity contribution >= 4 is 45.9 Å². The Kier molecular flexibility index (Phi) is 8.84. The minimum atomic E-state index is -1.55. The van der Waals surface area contributed by atoms with E-state index in [0.29, 0.717) is 0 Å². The lowest BCUT2D eigenvalue weighted by Gasteiger charge is -2.35. The van der Waals surface area contributed by atoms with Gasteiger partial charge in [0.05, 0.1) is 18.6 Å². The molecule has 0 aromatic carbocycles. The van der Waals surface area contributed by atoms with Crippen molar-refractivity contribution in [2.75, 3.05) is 11.9 Å². The quantitative estimate of drug-likeness (QED) is 0.189. The van der Waals surface area contributed by atoms with Crippen LogP contribution < -0.4 is 10.6 Å². The largest absolute Gasteiger partial charge is 0.457 e. The van der Waals surface area contributed by atoms with Gasteiger partial charge in [-0.2, -0.15) is 0 Å². The summed E-state index contributed by atoms with van der Waals surface area (Å²) in [6.07, 6.45) is -0.995. The number of esters is 1. The SMILES string of the molecule is CC(C)(C)OC(=O)Nc1nc(/C(=N/OC(C)(C)C(=O)OC(C)(C)C)C(=O)C[C@@H]2C(=O)N[C@@H]2CO)cs1. The van der Waals surface area contributed by atoms with E-state index >= 15 is 0 Å². The van der Waals surface area contributed by atoms with Crippen molar-refractivity contribution in [2.24, 2.45) is 11.1 Å². The molecule has 12 nitrogen and oxygen atoms in total. The Hall–Kier alpha value is -3.06. The molecule has 1 aliphatic rings. The van der Waals surface area contributed by atoms with E-state index in [9.17, 15) is 24.3 Å². The third kappa shape index (κ3) is 8.26. The van der Waals surface area contributed by atoms with Gasteiger partial charge in [-0.3, -0.25) is 14.9 Å². The number of nitrogens with one attached hydrogen (secondary N) is 2. The molecule has 0 spiro atoms. The van der Waals surface area contributed by atoms with E-state index in [0.717, 1.165) is 11.3 Å². The van der Waals surface area contributed by atoms with Crippen LogP contribution in [-0.4, -0.2) is 69.0 Å². The van der Waals surface area contributed by atoms with Crippen LogP contribution in [0.5, 0.6) is 0 Å². The van der Waals surface area contributed by atoms with Crippen molar-refractivity contribution in [3.63, 3.8) is 0 Å². The summed E-state index contributed by atoms with van der Waals surface area (Å²) in [6.45, 7) is 12.8. The molecule has 36 heavy (non-hydrogen) atoms. The highest BCUT2D eigenvalue weighted by Crippen LogP contribution is 2.24. The molecule has 1 aliphatic heterocycles. The molecule has 0 aliphatic carbocycles. The average Bonchev–Trinajstić information content (AvgIpc) is 3.15. The Morgan fingerprint density at radius 2 is 1.72 bits per heavy atom. The highest BCUT2D eigenvalue weighted by Gasteiger charge is 2.41. The van der Waals surface area contributed by atoms with Gasteiger partial charge in [0.2, 0.25) is 11.5 Å². The number of thiazole rings is 1. The van der Waals surface area contributed by atoms with E-state index < -0.39 is 46.6 Å². The highest BCUT2D eigenvalue weighted by atomic mass is 32.1. The minimum Gasteiger partial charge on any atom is -0.457 e. The molecule has 1 aromatic rings.